The number of hydrogen-bond donors (Lipinski definition) is 3. The second kappa shape index (κ2) is 7.74. The molecule has 0 aromatic rings. The van der Waals surface area contributed by atoms with Gasteiger partial charge in [0.25, 0.3) is 0 Å². The Balaban J connectivity index is 1.75. The van der Waals surface area contributed by atoms with Crippen molar-refractivity contribution in [1.82, 2.24) is 0 Å². The third-order valence-corrected chi connectivity index (χ3v) is 10.2. The summed E-state index contributed by atoms with van der Waals surface area (Å²) in [6.45, 7) is 6.41. The standard InChI is InChI=1S/C25H42O5/c1-5-8-15(2)20-23(3)14-12-18-17(19(23)21(26)25(20,28)29)11-10-16-9-6-7-13-24(16,18)22(27)30-4/h15-21,26,28-29H,5-14H2,1-4H3/t15-,16?,17-,18+,19-,20-,21?,23+,24-/m1/s1. The van der Waals surface area contributed by atoms with Crippen molar-refractivity contribution in [2.45, 2.75) is 96.9 Å². The average molecular weight is 423 g/mol. The predicted molar refractivity (Wildman–Crippen MR) is 114 cm³/mol. The van der Waals surface area contributed by atoms with Gasteiger partial charge < -0.3 is 20.1 Å². The Hall–Kier alpha value is -0.650. The fourth-order valence-electron chi connectivity index (χ4n) is 9.35. The molecule has 0 heterocycles. The molecule has 4 saturated carbocycles. The van der Waals surface area contributed by atoms with Crippen LogP contribution in [0.4, 0.5) is 0 Å². The largest absolute Gasteiger partial charge is 0.469 e. The molecular formula is C25H42O5. The minimum Gasteiger partial charge on any atom is -0.469 e. The van der Waals surface area contributed by atoms with E-state index in [-0.39, 0.29) is 41.0 Å². The molecule has 4 aliphatic rings. The molecule has 4 fully saturated rings. The van der Waals surface area contributed by atoms with E-state index in [1.54, 1.807) is 0 Å². The Morgan fingerprint density at radius 1 is 1.13 bits per heavy atom. The molecule has 0 amide bonds. The number of carbonyl (C=O) groups is 1. The summed E-state index contributed by atoms with van der Waals surface area (Å²) < 4.78 is 5.39. The van der Waals surface area contributed by atoms with Gasteiger partial charge in [0.15, 0.2) is 5.79 Å². The molecular weight excluding hydrogens is 380 g/mol. The summed E-state index contributed by atoms with van der Waals surface area (Å²) in [7, 11) is 1.51. The predicted octanol–water partition coefficient (Wildman–Crippen LogP) is 3.89. The smallest absolute Gasteiger partial charge is 0.312 e. The number of carbonyl (C=O) groups excluding carboxylic acids is 1. The molecule has 30 heavy (non-hydrogen) atoms. The highest BCUT2D eigenvalue weighted by Gasteiger charge is 2.72. The summed E-state index contributed by atoms with van der Waals surface area (Å²) in [5.41, 5.74) is -0.769. The number of aliphatic hydroxyl groups excluding tert-OH is 1. The van der Waals surface area contributed by atoms with Crippen LogP contribution in [0.15, 0.2) is 0 Å². The highest BCUT2D eigenvalue weighted by atomic mass is 16.5. The van der Waals surface area contributed by atoms with Gasteiger partial charge in [-0.3, -0.25) is 4.79 Å². The Kier molecular flexibility index (Phi) is 5.81. The number of rotatable bonds is 4. The van der Waals surface area contributed by atoms with Crippen LogP contribution in [0.2, 0.25) is 0 Å². The molecule has 5 nitrogen and oxygen atoms in total. The minimum absolute atomic E-state index is 0.0619. The number of aliphatic hydroxyl groups is 3. The van der Waals surface area contributed by atoms with Crippen molar-refractivity contribution in [3.63, 3.8) is 0 Å². The van der Waals surface area contributed by atoms with Crippen molar-refractivity contribution in [3.05, 3.63) is 0 Å². The number of ether oxygens (including phenoxy) is 1. The van der Waals surface area contributed by atoms with Crippen LogP contribution in [0.1, 0.15) is 85.0 Å². The van der Waals surface area contributed by atoms with Crippen LogP contribution in [-0.2, 0) is 9.53 Å². The molecule has 0 bridgehead atoms. The maximum atomic E-state index is 13.2. The lowest BCUT2D eigenvalue weighted by molar-refractivity contribution is -0.252. The van der Waals surface area contributed by atoms with Gasteiger partial charge in [0, 0.05) is 5.92 Å². The van der Waals surface area contributed by atoms with Crippen LogP contribution in [0.25, 0.3) is 0 Å². The van der Waals surface area contributed by atoms with Gasteiger partial charge in [0.2, 0.25) is 0 Å². The highest BCUT2D eigenvalue weighted by Crippen LogP contribution is 2.70. The number of fused-ring (bicyclic) bond motifs is 5. The maximum Gasteiger partial charge on any atom is 0.312 e. The van der Waals surface area contributed by atoms with Crippen molar-refractivity contribution < 1.29 is 24.9 Å². The van der Waals surface area contributed by atoms with Gasteiger partial charge in [0.05, 0.1) is 12.5 Å². The monoisotopic (exact) mass is 422 g/mol. The van der Waals surface area contributed by atoms with Crippen molar-refractivity contribution in [2.24, 2.45) is 46.3 Å². The van der Waals surface area contributed by atoms with E-state index in [1.165, 1.54) is 13.5 Å². The first-order valence-electron chi connectivity index (χ1n) is 12.4. The zero-order valence-corrected chi connectivity index (χ0v) is 19.3. The molecule has 0 saturated heterocycles. The molecule has 0 aliphatic heterocycles. The van der Waals surface area contributed by atoms with Crippen molar-refractivity contribution in [3.8, 4) is 0 Å². The summed E-state index contributed by atoms with van der Waals surface area (Å²) in [5, 5.41) is 33.6. The van der Waals surface area contributed by atoms with E-state index < -0.39 is 17.3 Å². The van der Waals surface area contributed by atoms with Crippen molar-refractivity contribution >= 4 is 5.97 Å². The van der Waals surface area contributed by atoms with E-state index in [1.807, 2.05) is 0 Å². The lowest BCUT2D eigenvalue weighted by atomic mass is 9.43. The summed E-state index contributed by atoms with van der Waals surface area (Å²) in [4.78, 5) is 13.2. The number of methoxy groups -OCH3 is 1. The maximum absolute atomic E-state index is 13.2. The van der Waals surface area contributed by atoms with E-state index in [9.17, 15) is 20.1 Å². The fourth-order valence-corrected chi connectivity index (χ4v) is 9.35. The summed E-state index contributed by atoms with van der Waals surface area (Å²) in [6.07, 6.45) is 8.66. The average Bonchev–Trinajstić information content (AvgIpc) is 2.88. The van der Waals surface area contributed by atoms with Crippen molar-refractivity contribution in [2.75, 3.05) is 7.11 Å². The Bertz CT molecular complexity index is 662. The number of esters is 1. The third-order valence-electron chi connectivity index (χ3n) is 10.2. The van der Waals surface area contributed by atoms with Crippen LogP contribution in [-0.4, -0.2) is 40.3 Å². The first-order chi connectivity index (χ1) is 14.2. The van der Waals surface area contributed by atoms with Gasteiger partial charge in [-0.15, -0.1) is 0 Å². The van der Waals surface area contributed by atoms with E-state index in [2.05, 4.69) is 20.8 Å². The van der Waals surface area contributed by atoms with Crippen LogP contribution in [0.3, 0.4) is 0 Å². The first-order valence-corrected chi connectivity index (χ1v) is 12.4. The molecule has 5 heteroatoms. The Morgan fingerprint density at radius 2 is 1.87 bits per heavy atom. The summed E-state index contributed by atoms with van der Waals surface area (Å²) in [6, 6.07) is 0. The SMILES string of the molecule is CCC[C@@H](C)[C@H]1C(O)(O)C(O)[C@H]2[C@@H]3CCC4CCCC[C@]4(C(=O)OC)[C@H]3CC[C@@]21C. The van der Waals surface area contributed by atoms with Crippen molar-refractivity contribution in [1.29, 1.82) is 0 Å². The molecule has 0 aromatic carbocycles. The van der Waals surface area contributed by atoms with Gasteiger partial charge in [-0.1, -0.05) is 46.5 Å². The van der Waals surface area contributed by atoms with Crippen LogP contribution >= 0.6 is 0 Å². The van der Waals surface area contributed by atoms with E-state index >= 15 is 0 Å². The molecule has 3 N–H and O–H groups in total. The van der Waals surface area contributed by atoms with Gasteiger partial charge in [0.1, 0.15) is 6.10 Å². The van der Waals surface area contributed by atoms with E-state index in [0.717, 1.165) is 57.8 Å². The van der Waals surface area contributed by atoms with Gasteiger partial charge in [-0.25, -0.2) is 0 Å². The quantitative estimate of drug-likeness (QED) is 0.473. The minimum atomic E-state index is -2.06. The van der Waals surface area contributed by atoms with Crippen LogP contribution in [0, 0.1) is 46.3 Å². The summed E-state index contributed by atoms with van der Waals surface area (Å²) >= 11 is 0. The molecule has 4 rings (SSSR count). The topological polar surface area (TPSA) is 87.0 Å². The lowest BCUT2D eigenvalue weighted by Crippen LogP contribution is -2.58. The second-order valence-corrected chi connectivity index (χ2v) is 11.4. The van der Waals surface area contributed by atoms with E-state index in [0.29, 0.717) is 5.92 Å². The molecule has 0 spiro atoms. The first kappa shape index (κ1) is 22.5. The highest BCUT2D eigenvalue weighted by molar-refractivity contribution is 5.78. The Labute approximate surface area is 181 Å². The zero-order chi connectivity index (χ0) is 21.9. The molecule has 2 unspecified atom stereocenters. The summed E-state index contributed by atoms with van der Waals surface area (Å²) in [5.74, 6) is -1.84. The normalized spacial score (nSPS) is 48.2. The molecule has 0 aromatic heterocycles. The lowest BCUT2D eigenvalue weighted by Gasteiger charge is -2.60. The fraction of sp³-hybridized carbons (Fsp3) is 0.960. The van der Waals surface area contributed by atoms with Crippen LogP contribution < -0.4 is 0 Å². The molecule has 4 aliphatic carbocycles. The van der Waals surface area contributed by atoms with E-state index in [4.69, 9.17) is 4.74 Å². The van der Waals surface area contributed by atoms with Gasteiger partial charge in [-0.05, 0) is 73.5 Å². The number of hydrogen-bond acceptors (Lipinski definition) is 5. The zero-order valence-electron chi connectivity index (χ0n) is 19.3. The molecule has 9 atom stereocenters. The van der Waals surface area contributed by atoms with Gasteiger partial charge >= 0.3 is 5.97 Å². The molecule has 0 radical (unpaired) electrons. The van der Waals surface area contributed by atoms with Crippen LogP contribution in [0.5, 0.6) is 0 Å². The Morgan fingerprint density at radius 3 is 2.53 bits per heavy atom. The van der Waals surface area contributed by atoms with Gasteiger partial charge in [-0.2, -0.15) is 0 Å². The molecule has 172 valence electrons. The second-order valence-electron chi connectivity index (χ2n) is 11.4. The third kappa shape index (κ3) is 2.87.